The maximum absolute atomic E-state index is 11.6. The van der Waals surface area contributed by atoms with Gasteiger partial charge in [-0.25, -0.2) is 0 Å². The first-order valence-electron chi connectivity index (χ1n) is 6.75. The van der Waals surface area contributed by atoms with Crippen molar-refractivity contribution in [1.82, 2.24) is 0 Å². The summed E-state index contributed by atoms with van der Waals surface area (Å²) in [6, 6.07) is 10.3. The van der Waals surface area contributed by atoms with Gasteiger partial charge in [0.15, 0.2) is 0 Å². The third kappa shape index (κ3) is 2.72. The van der Waals surface area contributed by atoms with E-state index in [4.69, 9.17) is 11.5 Å². The number of carbonyl (C=O) groups is 1. The topological polar surface area (TPSA) is 69.1 Å². The van der Waals surface area contributed by atoms with E-state index in [0.29, 0.717) is 0 Å². The third-order valence-corrected chi connectivity index (χ3v) is 4.20. The molecule has 0 radical (unpaired) electrons. The van der Waals surface area contributed by atoms with Crippen LogP contribution in [0.1, 0.15) is 37.7 Å². The second-order valence-corrected chi connectivity index (χ2v) is 5.37. The van der Waals surface area contributed by atoms with Crippen molar-refractivity contribution in [1.29, 1.82) is 0 Å². The van der Waals surface area contributed by atoms with E-state index in [2.05, 4.69) is 12.1 Å². The van der Waals surface area contributed by atoms with Gasteiger partial charge < -0.3 is 11.5 Å². The SMILES string of the molecule is NC(=O)C1(N)CCCCC1CCc1ccccc1. The van der Waals surface area contributed by atoms with Crippen LogP contribution in [0.15, 0.2) is 30.3 Å². The second-order valence-electron chi connectivity index (χ2n) is 5.37. The summed E-state index contributed by atoms with van der Waals surface area (Å²) in [7, 11) is 0. The van der Waals surface area contributed by atoms with E-state index >= 15 is 0 Å². The molecule has 1 aromatic rings. The minimum atomic E-state index is -0.785. The molecule has 1 aliphatic carbocycles. The number of hydrogen-bond acceptors (Lipinski definition) is 2. The Balaban J connectivity index is 2.00. The van der Waals surface area contributed by atoms with Crippen LogP contribution < -0.4 is 11.5 Å². The van der Waals surface area contributed by atoms with Crippen LogP contribution in [0.3, 0.4) is 0 Å². The fourth-order valence-electron chi connectivity index (χ4n) is 2.98. The Morgan fingerprint density at radius 1 is 1.28 bits per heavy atom. The molecule has 2 rings (SSSR count). The number of hydrogen-bond donors (Lipinski definition) is 2. The summed E-state index contributed by atoms with van der Waals surface area (Å²) in [6.07, 6.45) is 5.85. The molecule has 18 heavy (non-hydrogen) atoms. The summed E-state index contributed by atoms with van der Waals surface area (Å²) in [6.45, 7) is 0. The Labute approximate surface area is 109 Å². The van der Waals surface area contributed by atoms with Crippen LogP contribution in [0.5, 0.6) is 0 Å². The van der Waals surface area contributed by atoms with Crippen molar-refractivity contribution >= 4 is 5.91 Å². The molecule has 3 heteroatoms. The van der Waals surface area contributed by atoms with Gasteiger partial charge in [0.25, 0.3) is 0 Å². The highest BCUT2D eigenvalue weighted by Crippen LogP contribution is 2.34. The third-order valence-electron chi connectivity index (χ3n) is 4.20. The zero-order valence-corrected chi connectivity index (χ0v) is 10.8. The Morgan fingerprint density at radius 2 is 2.00 bits per heavy atom. The molecule has 4 N–H and O–H groups in total. The lowest BCUT2D eigenvalue weighted by atomic mass is 9.70. The van der Waals surface area contributed by atoms with Gasteiger partial charge in [-0.2, -0.15) is 0 Å². The molecule has 0 aliphatic heterocycles. The van der Waals surface area contributed by atoms with Gasteiger partial charge in [0.1, 0.15) is 0 Å². The molecule has 2 unspecified atom stereocenters. The van der Waals surface area contributed by atoms with Crippen molar-refractivity contribution in [3.63, 3.8) is 0 Å². The number of benzene rings is 1. The first-order valence-corrected chi connectivity index (χ1v) is 6.75. The molecule has 3 nitrogen and oxygen atoms in total. The molecule has 1 aliphatic rings. The van der Waals surface area contributed by atoms with Crippen LogP contribution in [-0.4, -0.2) is 11.4 Å². The van der Waals surface area contributed by atoms with Crippen molar-refractivity contribution in [2.45, 2.75) is 44.1 Å². The van der Waals surface area contributed by atoms with Crippen molar-refractivity contribution in [3.05, 3.63) is 35.9 Å². The van der Waals surface area contributed by atoms with Crippen molar-refractivity contribution in [2.24, 2.45) is 17.4 Å². The average molecular weight is 246 g/mol. The molecule has 98 valence electrons. The minimum absolute atomic E-state index is 0.226. The number of primary amides is 1. The van der Waals surface area contributed by atoms with E-state index in [1.165, 1.54) is 5.56 Å². The summed E-state index contributed by atoms with van der Waals surface area (Å²) in [4.78, 5) is 11.6. The van der Waals surface area contributed by atoms with Crippen LogP contribution in [-0.2, 0) is 11.2 Å². The van der Waals surface area contributed by atoms with Gasteiger partial charge in [0, 0.05) is 0 Å². The predicted molar refractivity (Wildman–Crippen MR) is 72.8 cm³/mol. The molecule has 1 aromatic carbocycles. The Bertz CT molecular complexity index is 404. The molecule has 0 aromatic heterocycles. The van der Waals surface area contributed by atoms with Gasteiger partial charge in [-0.15, -0.1) is 0 Å². The van der Waals surface area contributed by atoms with Crippen LogP contribution in [0.2, 0.25) is 0 Å². The molecular formula is C15H22N2O. The number of amides is 1. The summed E-state index contributed by atoms with van der Waals surface area (Å²) in [5.74, 6) is -0.107. The molecule has 0 spiro atoms. The van der Waals surface area contributed by atoms with Crippen molar-refractivity contribution < 1.29 is 4.79 Å². The van der Waals surface area contributed by atoms with E-state index in [0.717, 1.165) is 38.5 Å². The lowest BCUT2D eigenvalue weighted by Gasteiger charge is -2.38. The van der Waals surface area contributed by atoms with Crippen LogP contribution in [0.4, 0.5) is 0 Å². The lowest BCUT2D eigenvalue weighted by molar-refractivity contribution is -0.126. The molecule has 0 saturated heterocycles. The Morgan fingerprint density at radius 3 is 2.67 bits per heavy atom. The zero-order chi connectivity index (χ0) is 13.0. The number of rotatable bonds is 4. The zero-order valence-electron chi connectivity index (χ0n) is 10.8. The second kappa shape index (κ2) is 5.53. The van der Waals surface area contributed by atoms with Gasteiger partial charge in [-0.05, 0) is 37.2 Å². The number of nitrogens with two attached hydrogens (primary N) is 2. The summed E-state index contributed by atoms with van der Waals surface area (Å²) >= 11 is 0. The standard InChI is InChI=1S/C15H22N2O/c16-14(18)15(17)11-5-4-8-13(15)10-9-12-6-2-1-3-7-12/h1-3,6-7,13H,4-5,8-11,17H2,(H2,16,18). The maximum atomic E-state index is 11.6. The average Bonchev–Trinajstić information content (AvgIpc) is 2.39. The highest BCUT2D eigenvalue weighted by molar-refractivity contribution is 5.84. The minimum Gasteiger partial charge on any atom is -0.368 e. The number of carbonyl (C=O) groups excluding carboxylic acids is 1. The van der Waals surface area contributed by atoms with Crippen molar-refractivity contribution in [2.75, 3.05) is 0 Å². The molecule has 0 heterocycles. The Kier molecular flexibility index (Phi) is 4.02. The van der Waals surface area contributed by atoms with E-state index < -0.39 is 5.54 Å². The van der Waals surface area contributed by atoms with E-state index in [1.807, 2.05) is 18.2 Å². The smallest absolute Gasteiger partial charge is 0.237 e. The predicted octanol–water partition coefficient (Wildman–Crippen LogP) is 1.99. The molecule has 1 saturated carbocycles. The first kappa shape index (κ1) is 13.1. The highest BCUT2D eigenvalue weighted by Gasteiger charge is 2.41. The van der Waals surface area contributed by atoms with Crippen LogP contribution in [0, 0.1) is 5.92 Å². The van der Waals surface area contributed by atoms with E-state index in [1.54, 1.807) is 0 Å². The fraction of sp³-hybridized carbons (Fsp3) is 0.533. The van der Waals surface area contributed by atoms with Gasteiger partial charge in [-0.1, -0.05) is 43.2 Å². The monoisotopic (exact) mass is 246 g/mol. The number of aryl methyl sites for hydroxylation is 1. The van der Waals surface area contributed by atoms with E-state index in [9.17, 15) is 4.79 Å². The molecular weight excluding hydrogens is 224 g/mol. The molecule has 1 amide bonds. The molecule has 1 fully saturated rings. The summed E-state index contributed by atoms with van der Waals surface area (Å²) < 4.78 is 0. The largest absolute Gasteiger partial charge is 0.368 e. The maximum Gasteiger partial charge on any atom is 0.237 e. The van der Waals surface area contributed by atoms with Gasteiger partial charge >= 0.3 is 0 Å². The summed E-state index contributed by atoms with van der Waals surface area (Å²) in [5.41, 5.74) is 12.2. The normalized spacial score (nSPS) is 27.9. The summed E-state index contributed by atoms with van der Waals surface area (Å²) in [5, 5.41) is 0. The van der Waals surface area contributed by atoms with Gasteiger partial charge in [-0.3, -0.25) is 4.79 Å². The van der Waals surface area contributed by atoms with Crippen LogP contribution in [0.25, 0.3) is 0 Å². The van der Waals surface area contributed by atoms with Crippen molar-refractivity contribution in [3.8, 4) is 0 Å². The fourth-order valence-corrected chi connectivity index (χ4v) is 2.98. The molecule has 2 atom stereocenters. The van der Waals surface area contributed by atoms with Crippen LogP contribution >= 0.6 is 0 Å². The van der Waals surface area contributed by atoms with Gasteiger partial charge in [0.05, 0.1) is 5.54 Å². The first-order chi connectivity index (χ1) is 8.63. The quantitative estimate of drug-likeness (QED) is 0.853. The van der Waals surface area contributed by atoms with E-state index in [-0.39, 0.29) is 11.8 Å². The Hall–Kier alpha value is -1.35. The highest BCUT2D eigenvalue weighted by atomic mass is 16.1. The lowest BCUT2D eigenvalue weighted by Crippen LogP contribution is -2.58. The molecule has 0 bridgehead atoms. The van der Waals surface area contributed by atoms with Gasteiger partial charge in [0.2, 0.25) is 5.91 Å².